The van der Waals surface area contributed by atoms with Crippen molar-refractivity contribution >= 4 is 23.0 Å². The minimum absolute atomic E-state index is 0.0410. The van der Waals surface area contributed by atoms with E-state index in [-0.39, 0.29) is 18.4 Å². The standard InChI is InChI=1S/C35H47N3O6S/c1-5-17-38(18-6-2)19-16-36-31(40)22-37-30(39)9-7-8-25-11-13-26(14-12-25)20-28-21-27(15-10-24(28)3)35-34(43)33(42)32(41)29(44-35)23-45-4/h5-6,10-15,21,29,32-35,41-43H,1-2,7-9,16-20,22H2,3-4H3,(H,36,40)(H,37,39)/t29?,32-,33+,34-,35+/m1/s1. The summed E-state index contributed by atoms with van der Waals surface area (Å²) in [4.78, 5) is 26.4. The summed E-state index contributed by atoms with van der Waals surface area (Å²) >= 11 is 1.27. The van der Waals surface area contributed by atoms with Crippen molar-refractivity contribution in [2.24, 2.45) is 0 Å². The van der Waals surface area contributed by atoms with Gasteiger partial charge in [0.15, 0.2) is 0 Å². The van der Waals surface area contributed by atoms with Crippen molar-refractivity contribution in [2.45, 2.75) is 63.1 Å². The van der Waals surface area contributed by atoms with Crippen LogP contribution in [0, 0.1) is 12.1 Å². The molecule has 1 aliphatic heterocycles. The number of carbonyl (C=O) groups is 2. The Morgan fingerprint density at radius 3 is 2.33 bits per heavy atom. The summed E-state index contributed by atoms with van der Waals surface area (Å²) in [5.74, 6) is -0.366. The Labute approximate surface area is 270 Å². The number of aryl methyl sites for hydroxylation is 2. The van der Waals surface area contributed by atoms with Crippen LogP contribution in [0.2, 0.25) is 0 Å². The lowest BCUT2D eigenvalue weighted by Gasteiger charge is -2.39. The van der Waals surface area contributed by atoms with Crippen molar-refractivity contribution in [1.82, 2.24) is 15.5 Å². The molecule has 10 heteroatoms. The Bertz CT molecular complexity index is 1350. The molecule has 3 rings (SSSR count). The molecule has 2 aromatic carbocycles. The van der Waals surface area contributed by atoms with Crippen molar-refractivity contribution < 1.29 is 29.6 Å². The molecule has 1 unspecified atom stereocenters. The number of aliphatic hydroxyl groups excluding tert-OH is 3. The topological polar surface area (TPSA) is 131 Å². The maximum atomic E-state index is 12.2. The van der Waals surface area contributed by atoms with Gasteiger partial charge in [0.05, 0.1) is 6.54 Å². The van der Waals surface area contributed by atoms with Crippen molar-refractivity contribution in [1.29, 1.82) is 0 Å². The second kappa shape index (κ2) is 18.6. The molecule has 1 heterocycles. The minimum Gasteiger partial charge on any atom is -0.387 e. The highest BCUT2D eigenvalue weighted by molar-refractivity contribution is 7.87. The highest BCUT2D eigenvalue weighted by Crippen LogP contribution is 2.33. The fraction of sp³-hybridized carbons (Fsp3) is 0.457. The van der Waals surface area contributed by atoms with Gasteiger partial charge in [-0.15, -0.1) is 24.3 Å². The van der Waals surface area contributed by atoms with Gasteiger partial charge >= 0.3 is 0 Å². The number of carbonyl (C=O) groups excluding carboxylic acids is 2. The molecule has 1 saturated heterocycles. The second-order valence-electron chi connectivity index (χ2n) is 11.3. The highest BCUT2D eigenvalue weighted by atomic mass is 32.1. The molecule has 0 spiro atoms. The van der Waals surface area contributed by atoms with Crippen molar-refractivity contribution in [3.05, 3.63) is 95.6 Å². The van der Waals surface area contributed by atoms with Crippen LogP contribution in [0.1, 0.15) is 46.8 Å². The summed E-state index contributed by atoms with van der Waals surface area (Å²) in [5.41, 5.74) is 5.12. The first-order valence-electron chi connectivity index (χ1n) is 15.3. The Balaban J connectivity index is 1.45. The SMILES string of the molecule is C=CCN(CC=C)CCNC(=O)CNC(=O)CCCc1ccc(Cc2cc([C@@H]3OC(C#SC)[C@@H](O)[C@H](O)[C@H]3O)ccc2C)cc1. The lowest BCUT2D eigenvalue weighted by atomic mass is 9.89. The summed E-state index contributed by atoms with van der Waals surface area (Å²) < 4.78 is 5.94. The van der Waals surface area contributed by atoms with Crippen LogP contribution >= 0.6 is 11.2 Å². The van der Waals surface area contributed by atoms with Gasteiger partial charge in [0.25, 0.3) is 0 Å². The third-order valence-electron chi connectivity index (χ3n) is 7.81. The van der Waals surface area contributed by atoms with E-state index in [1.807, 2.05) is 37.3 Å². The molecule has 244 valence electrons. The lowest BCUT2D eigenvalue weighted by molar-refractivity contribution is -0.209. The maximum absolute atomic E-state index is 12.2. The van der Waals surface area contributed by atoms with E-state index in [2.05, 4.69) is 58.1 Å². The first-order chi connectivity index (χ1) is 21.7. The molecule has 0 bridgehead atoms. The van der Waals surface area contributed by atoms with Gasteiger partial charge in [-0.3, -0.25) is 14.5 Å². The van der Waals surface area contributed by atoms with Crippen LogP contribution in [0.4, 0.5) is 0 Å². The summed E-state index contributed by atoms with van der Waals surface area (Å²) in [5, 5.41) is 39.7. The van der Waals surface area contributed by atoms with Crippen LogP contribution in [0.5, 0.6) is 0 Å². The third-order valence-corrected chi connectivity index (χ3v) is 8.27. The normalized spacial score (nSPS) is 21.1. The van der Waals surface area contributed by atoms with Gasteiger partial charge in [-0.1, -0.05) is 59.8 Å². The van der Waals surface area contributed by atoms with Crippen molar-refractivity contribution in [2.75, 3.05) is 39.0 Å². The zero-order valence-corrected chi connectivity index (χ0v) is 27.1. The molecule has 9 nitrogen and oxygen atoms in total. The van der Waals surface area contributed by atoms with Gasteiger partial charge in [0.1, 0.15) is 30.5 Å². The number of benzene rings is 2. The number of ether oxygens (including phenoxy) is 1. The maximum Gasteiger partial charge on any atom is 0.239 e. The molecule has 0 aliphatic carbocycles. The number of amides is 2. The summed E-state index contributed by atoms with van der Waals surface area (Å²) in [6.07, 6.45) is 2.38. The number of nitrogens with zero attached hydrogens (tertiary/aromatic N) is 1. The van der Waals surface area contributed by atoms with E-state index in [9.17, 15) is 24.9 Å². The Hall–Kier alpha value is -3.34. The van der Waals surface area contributed by atoms with Gasteiger partial charge in [0.2, 0.25) is 11.8 Å². The van der Waals surface area contributed by atoms with Crippen LogP contribution in [-0.4, -0.2) is 95.4 Å². The molecule has 0 radical (unpaired) electrons. The third kappa shape index (κ3) is 11.2. The van der Waals surface area contributed by atoms with Gasteiger partial charge in [-0.05, 0) is 54.0 Å². The van der Waals surface area contributed by atoms with Crippen LogP contribution in [-0.2, 0) is 27.2 Å². The predicted octanol–water partition coefficient (Wildman–Crippen LogP) is 2.66. The predicted molar refractivity (Wildman–Crippen MR) is 179 cm³/mol. The lowest BCUT2D eigenvalue weighted by Crippen LogP contribution is -2.53. The van der Waals surface area contributed by atoms with Gasteiger partial charge in [0, 0.05) is 38.9 Å². The van der Waals surface area contributed by atoms with Crippen molar-refractivity contribution in [3.63, 3.8) is 0 Å². The van der Waals surface area contributed by atoms with E-state index < -0.39 is 30.5 Å². The largest absolute Gasteiger partial charge is 0.387 e. The zero-order chi connectivity index (χ0) is 32.8. The Kier molecular flexibility index (Phi) is 14.9. The Morgan fingerprint density at radius 2 is 1.67 bits per heavy atom. The molecular formula is C35H47N3O6S. The molecule has 1 fully saturated rings. The zero-order valence-electron chi connectivity index (χ0n) is 26.3. The molecule has 45 heavy (non-hydrogen) atoms. The molecule has 5 atom stereocenters. The average Bonchev–Trinajstić information content (AvgIpc) is 3.02. The fourth-order valence-corrected chi connectivity index (χ4v) is 5.66. The summed E-state index contributed by atoms with van der Waals surface area (Å²) in [6, 6.07) is 14.1. The highest BCUT2D eigenvalue weighted by Gasteiger charge is 2.43. The molecule has 2 aromatic rings. The van der Waals surface area contributed by atoms with E-state index in [4.69, 9.17) is 4.74 Å². The molecular weight excluding hydrogens is 590 g/mol. The van der Waals surface area contributed by atoms with Crippen molar-refractivity contribution in [3.8, 4) is 5.18 Å². The number of nitrogens with one attached hydrogen (secondary N) is 2. The number of hydrogen-bond acceptors (Lipinski definition) is 7. The summed E-state index contributed by atoms with van der Waals surface area (Å²) in [7, 11) is 0. The monoisotopic (exact) mass is 637 g/mol. The van der Waals surface area contributed by atoms with Gasteiger partial charge < -0.3 is 30.7 Å². The molecule has 2 amide bonds. The minimum atomic E-state index is -1.34. The van der Waals surface area contributed by atoms with E-state index in [1.165, 1.54) is 11.2 Å². The Morgan fingerprint density at radius 1 is 0.978 bits per heavy atom. The molecule has 5 N–H and O–H groups in total. The first kappa shape index (κ1) is 36.1. The first-order valence-corrected chi connectivity index (χ1v) is 16.5. The van der Waals surface area contributed by atoms with Crippen LogP contribution in [0.15, 0.2) is 67.8 Å². The van der Waals surface area contributed by atoms with Gasteiger partial charge in [-0.2, -0.15) is 0 Å². The molecule has 0 saturated carbocycles. The molecule has 1 aliphatic rings. The van der Waals surface area contributed by atoms with E-state index >= 15 is 0 Å². The number of hydrogen-bond donors (Lipinski definition) is 5. The quantitative estimate of drug-likeness (QED) is 0.179. The van der Waals surface area contributed by atoms with Gasteiger partial charge in [-0.25, -0.2) is 0 Å². The number of aliphatic hydroxyl groups is 3. The van der Waals surface area contributed by atoms with Crippen LogP contribution in [0.25, 0.3) is 0 Å². The number of rotatable bonds is 16. The van der Waals surface area contributed by atoms with E-state index in [0.717, 1.165) is 34.2 Å². The molecule has 0 aromatic heterocycles. The fourth-order valence-electron chi connectivity index (χ4n) is 5.23. The van der Waals surface area contributed by atoms with Crippen LogP contribution in [0.3, 0.4) is 0 Å². The average molecular weight is 638 g/mol. The van der Waals surface area contributed by atoms with Crippen LogP contribution < -0.4 is 10.6 Å². The smallest absolute Gasteiger partial charge is 0.239 e. The van der Waals surface area contributed by atoms with E-state index in [1.54, 1.807) is 6.26 Å². The second-order valence-corrected chi connectivity index (χ2v) is 11.9. The summed E-state index contributed by atoms with van der Waals surface area (Å²) in [6.45, 7) is 12.0. The van der Waals surface area contributed by atoms with E-state index in [0.29, 0.717) is 45.4 Å².